The molecule has 6 heteroatoms. The van der Waals surface area contributed by atoms with E-state index in [0.29, 0.717) is 25.9 Å². The monoisotopic (exact) mass is 395 g/mol. The summed E-state index contributed by atoms with van der Waals surface area (Å²) in [4.78, 5) is 31.4. The molecule has 2 amide bonds. The number of aromatic nitrogens is 1. The quantitative estimate of drug-likeness (QED) is 0.846. The smallest absolute Gasteiger partial charge is 0.410 e. The number of nitrogens with one attached hydrogen (secondary N) is 1. The van der Waals surface area contributed by atoms with E-state index in [-0.39, 0.29) is 24.0 Å². The second-order valence-corrected chi connectivity index (χ2v) is 8.40. The number of carbonyl (C=O) groups excluding carboxylic acids is 2. The van der Waals surface area contributed by atoms with Crippen LogP contribution in [0.5, 0.6) is 0 Å². The molecule has 0 unspecified atom stereocenters. The van der Waals surface area contributed by atoms with Crippen LogP contribution in [0.4, 0.5) is 4.79 Å². The zero-order valence-corrected chi connectivity index (χ0v) is 17.3. The normalized spacial score (nSPS) is 19.5. The maximum absolute atomic E-state index is 12.8. The number of nitrogens with zero attached hydrogens (tertiary/aromatic N) is 2. The summed E-state index contributed by atoms with van der Waals surface area (Å²) >= 11 is 0. The predicted molar refractivity (Wildman–Crippen MR) is 111 cm³/mol. The Kier molecular flexibility index (Phi) is 6.52. The molecule has 2 aromatic rings. The highest BCUT2D eigenvalue weighted by molar-refractivity contribution is 5.79. The van der Waals surface area contributed by atoms with Gasteiger partial charge in [-0.3, -0.25) is 9.78 Å². The lowest BCUT2D eigenvalue weighted by Crippen LogP contribution is -2.46. The summed E-state index contributed by atoms with van der Waals surface area (Å²) in [7, 11) is 0. The van der Waals surface area contributed by atoms with Crippen LogP contribution in [0.15, 0.2) is 54.9 Å². The van der Waals surface area contributed by atoms with Gasteiger partial charge in [-0.1, -0.05) is 36.4 Å². The average Bonchev–Trinajstić information content (AvgIpc) is 2.71. The fourth-order valence-corrected chi connectivity index (χ4v) is 3.57. The standard InChI is InChI=1S/C23H29N3O3/c1-23(2,3)29-22(28)26-13-11-19(14-20(26)18-9-5-4-6-10-18)21(27)25-16-17-8-7-12-24-15-17/h4-10,12,15,19-20H,11,13-14,16H2,1-3H3,(H,25,27)/t19-,20+/m0/s1. The Morgan fingerprint density at radius 3 is 2.59 bits per heavy atom. The van der Waals surface area contributed by atoms with E-state index in [4.69, 9.17) is 4.74 Å². The summed E-state index contributed by atoms with van der Waals surface area (Å²) in [6, 6.07) is 13.5. The Hall–Kier alpha value is -2.89. The first kappa shape index (κ1) is 20.8. The average molecular weight is 396 g/mol. The van der Waals surface area contributed by atoms with E-state index in [2.05, 4.69) is 10.3 Å². The minimum atomic E-state index is -0.559. The molecule has 154 valence electrons. The van der Waals surface area contributed by atoms with Gasteiger partial charge in [-0.2, -0.15) is 0 Å². The fourth-order valence-electron chi connectivity index (χ4n) is 3.57. The van der Waals surface area contributed by atoms with Crippen molar-refractivity contribution in [1.82, 2.24) is 15.2 Å². The predicted octanol–water partition coefficient (Wildman–Crippen LogP) is 4.09. The Labute approximate surface area is 172 Å². The molecule has 29 heavy (non-hydrogen) atoms. The van der Waals surface area contributed by atoms with Crippen LogP contribution < -0.4 is 5.32 Å². The molecule has 1 aromatic heterocycles. The van der Waals surface area contributed by atoms with Crippen LogP contribution in [0.1, 0.15) is 50.8 Å². The van der Waals surface area contributed by atoms with Gasteiger partial charge in [0.1, 0.15) is 5.60 Å². The van der Waals surface area contributed by atoms with Gasteiger partial charge in [0.05, 0.1) is 6.04 Å². The SMILES string of the molecule is CC(C)(C)OC(=O)N1CC[C@H](C(=O)NCc2cccnc2)C[C@@H]1c1ccccc1. The third-order valence-corrected chi connectivity index (χ3v) is 4.98. The van der Waals surface area contributed by atoms with Gasteiger partial charge in [-0.25, -0.2) is 4.79 Å². The number of likely N-dealkylation sites (tertiary alicyclic amines) is 1. The molecule has 1 aliphatic heterocycles. The molecule has 2 heterocycles. The van der Waals surface area contributed by atoms with E-state index >= 15 is 0 Å². The molecule has 1 aromatic carbocycles. The lowest BCUT2D eigenvalue weighted by atomic mass is 9.86. The number of rotatable bonds is 4. The molecule has 1 N–H and O–H groups in total. The maximum atomic E-state index is 12.8. The van der Waals surface area contributed by atoms with Gasteiger partial charge in [0, 0.05) is 31.4 Å². The highest BCUT2D eigenvalue weighted by Crippen LogP contribution is 2.35. The van der Waals surface area contributed by atoms with Gasteiger partial charge in [0.15, 0.2) is 0 Å². The van der Waals surface area contributed by atoms with E-state index in [0.717, 1.165) is 11.1 Å². The number of carbonyl (C=O) groups is 2. The van der Waals surface area contributed by atoms with Gasteiger partial charge >= 0.3 is 6.09 Å². The van der Waals surface area contributed by atoms with E-state index in [1.54, 1.807) is 17.3 Å². The Bertz CT molecular complexity index is 818. The van der Waals surface area contributed by atoms with Crippen LogP contribution in [-0.2, 0) is 16.1 Å². The van der Waals surface area contributed by atoms with Crippen molar-refractivity contribution in [2.75, 3.05) is 6.54 Å². The molecule has 1 saturated heterocycles. The highest BCUT2D eigenvalue weighted by atomic mass is 16.6. The molecule has 3 rings (SSSR count). The minimum absolute atomic E-state index is 0.0126. The number of hydrogen-bond acceptors (Lipinski definition) is 4. The van der Waals surface area contributed by atoms with Crippen molar-refractivity contribution in [1.29, 1.82) is 0 Å². The first-order valence-corrected chi connectivity index (χ1v) is 10.0. The second kappa shape index (κ2) is 9.07. The van der Waals surface area contributed by atoms with Crippen molar-refractivity contribution in [2.24, 2.45) is 5.92 Å². The molecule has 0 bridgehead atoms. The summed E-state index contributed by atoms with van der Waals surface area (Å²) in [5, 5.41) is 3.01. The van der Waals surface area contributed by atoms with Crippen molar-refractivity contribution in [3.63, 3.8) is 0 Å². The van der Waals surface area contributed by atoms with E-state index < -0.39 is 5.60 Å². The highest BCUT2D eigenvalue weighted by Gasteiger charge is 2.37. The number of benzene rings is 1. The van der Waals surface area contributed by atoms with Crippen molar-refractivity contribution in [2.45, 2.75) is 51.8 Å². The number of pyridine rings is 1. The number of piperidine rings is 1. The number of hydrogen-bond donors (Lipinski definition) is 1. The first-order valence-electron chi connectivity index (χ1n) is 10.0. The molecule has 2 atom stereocenters. The summed E-state index contributed by atoms with van der Waals surface area (Å²) in [6.45, 7) is 6.53. The van der Waals surface area contributed by atoms with Crippen LogP contribution in [0.2, 0.25) is 0 Å². The van der Waals surface area contributed by atoms with Crippen molar-refractivity contribution in [3.05, 3.63) is 66.0 Å². The van der Waals surface area contributed by atoms with Gasteiger partial charge in [0.25, 0.3) is 0 Å². The van der Waals surface area contributed by atoms with Crippen molar-refractivity contribution >= 4 is 12.0 Å². The molecule has 1 aliphatic rings. The Morgan fingerprint density at radius 1 is 1.17 bits per heavy atom. The Morgan fingerprint density at radius 2 is 1.93 bits per heavy atom. The van der Waals surface area contributed by atoms with E-state index in [1.165, 1.54) is 0 Å². The zero-order valence-electron chi connectivity index (χ0n) is 17.3. The topological polar surface area (TPSA) is 71.5 Å². The van der Waals surface area contributed by atoms with Gasteiger partial charge < -0.3 is 15.0 Å². The zero-order chi connectivity index (χ0) is 20.9. The number of amides is 2. The largest absolute Gasteiger partial charge is 0.444 e. The van der Waals surface area contributed by atoms with Crippen LogP contribution in [-0.4, -0.2) is 34.0 Å². The molecule has 0 radical (unpaired) electrons. The third-order valence-electron chi connectivity index (χ3n) is 4.98. The van der Waals surface area contributed by atoms with Gasteiger partial charge in [-0.15, -0.1) is 0 Å². The minimum Gasteiger partial charge on any atom is -0.444 e. The summed E-state index contributed by atoms with van der Waals surface area (Å²) < 4.78 is 5.61. The Balaban J connectivity index is 1.70. The lowest BCUT2D eigenvalue weighted by Gasteiger charge is -2.39. The van der Waals surface area contributed by atoms with Crippen molar-refractivity contribution < 1.29 is 14.3 Å². The van der Waals surface area contributed by atoms with Crippen LogP contribution in [0, 0.1) is 5.92 Å². The molecule has 6 nitrogen and oxygen atoms in total. The summed E-state index contributed by atoms with van der Waals surface area (Å²) in [6.07, 6.45) is 4.31. The summed E-state index contributed by atoms with van der Waals surface area (Å²) in [5.74, 6) is -0.144. The molecular formula is C23H29N3O3. The molecule has 0 saturated carbocycles. The molecule has 0 spiro atoms. The van der Waals surface area contributed by atoms with E-state index in [1.807, 2.05) is 63.2 Å². The summed E-state index contributed by atoms with van der Waals surface area (Å²) in [5.41, 5.74) is 1.42. The van der Waals surface area contributed by atoms with E-state index in [9.17, 15) is 9.59 Å². The van der Waals surface area contributed by atoms with Crippen LogP contribution >= 0.6 is 0 Å². The lowest BCUT2D eigenvalue weighted by molar-refractivity contribution is -0.127. The van der Waals surface area contributed by atoms with Gasteiger partial charge in [-0.05, 0) is 50.8 Å². The third kappa shape index (κ3) is 5.79. The van der Waals surface area contributed by atoms with Crippen LogP contribution in [0.3, 0.4) is 0 Å². The molecule has 1 fully saturated rings. The first-order chi connectivity index (χ1) is 13.8. The van der Waals surface area contributed by atoms with Crippen LogP contribution in [0.25, 0.3) is 0 Å². The van der Waals surface area contributed by atoms with Crippen molar-refractivity contribution in [3.8, 4) is 0 Å². The molecule has 0 aliphatic carbocycles. The maximum Gasteiger partial charge on any atom is 0.410 e. The fraction of sp³-hybridized carbons (Fsp3) is 0.435. The number of ether oxygens (including phenoxy) is 1. The second-order valence-electron chi connectivity index (χ2n) is 8.40. The van der Waals surface area contributed by atoms with Gasteiger partial charge in [0.2, 0.25) is 5.91 Å². The molecular weight excluding hydrogens is 366 g/mol.